The summed E-state index contributed by atoms with van der Waals surface area (Å²) in [5.74, 6) is -0.225. The molecule has 0 aromatic rings. The highest BCUT2D eigenvalue weighted by molar-refractivity contribution is 5.98. The van der Waals surface area contributed by atoms with Crippen LogP contribution in [0.15, 0.2) is 4.99 Å². The zero-order chi connectivity index (χ0) is 17.6. The number of hydrogen-bond donors (Lipinski definition) is 1. The van der Waals surface area contributed by atoms with Crippen molar-refractivity contribution >= 4 is 18.1 Å². The van der Waals surface area contributed by atoms with Crippen molar-refractivity contribution in [3.05, 3.63) is 0 Å². The van der Waals surface area contributed by atoms with Crippen molar-refractivity contribution in [1.29, 1.82) is 0 Å². The third kappa shape index (κ3) is 9.20. The Morgan fingerprint density at radius 3 is 1.95 bits per heavy atom. The summed E-state index contributed by atoms with van der Waals surface area (Å²) in [5, 5.41) is 0. The molecule has 0 aliphatic heterocycles. The van der Waals surface area contributed by atoms with Gasteiger partial charge in [-0.1, -0.05) is 13.3 Å². The molecular weight excluding hydrogens is 286 g/mol. The van der Waals surface area contributed by atoms with Gasteiger partial charge in [-0.25, -0.2) is 14.5 Å². The number of nitrogens with zero attached hydrogens (tertiary/aromatic N) is 2. The largest absolute Gasteiger partial charge is 0.443 e. The minimum atomic E-state index is -0.838. The van der Waals surface area contributed by atoms with Crippen LogP contribution in [-0.2, 0) is 9.47 Å². The lowest BCUT2D eigenvalue weighted by atomic mass is 10.2. The molecule has 0 radical (unpaired) electrons. The van der Waals surface area contributed by atoms with Crippen molar-refractivity contribution in [2.75, 3.05) is 6.54 Å². The first-order chi connectivity index (χ1) is 9.85. The van der Waals surface area contributed by atoms with E-state index in [0.717, 1.165) is 11.3 Å². The fourth-order valence-electron chi connectivity index (χ4n) is 1.37. The molecule has 0 aliphatic carbocycles. The van der Waals surface area contributed by atoms with E-state index >= 15 is 0 Å². The van der Waals surface area contributed by atoms with Crippen molar-refractivity contribution < 1.29 is 19.1 Å². The van der Waals surface area contributed by atoms with Crippen LogP contribution in [0.4, 0.5) is 9.59 Å². The van der Waals surface area contributed by atoms with E-state index < -0.39 is 23.4 Å². The summed E-state index contributed by atoms with van der Waals surface area (Å²) in [7, 11) is 0. The van der Waals surface area contributed by atoms with Crippen LogP contribution >= 0.6 is 0 Å². The Hall–Kier alpha value is -1.79. The van der Waals surface area contributed by atoms with Crippen molar-refractivity contribution in [3.63, 3.8) is 0 Å². The molecule has 0 bridgehead atoms. The van der Waals surface area contributed by atoms with Gasteiger partial charge in [0.1, 0.15) is 11.2 Å². The molecular formula is C15H29N3O4. The Labute approximate surface area is 132 Å². The monoisotopic (exact) mass is 315 g/mol. The minimum absolute atomic E-state index is 0.225. The van der Waals surface area contributed by atoms with Crippen LogP contribution in [0.5, 0.6) is 0 Å². The zero-order valence-corrected chi connectivity index (χ0v) is 14.7. The molecule has 0 atom stereocenters. The van der Waals surface area contributed by atoms with Gasteiger partial charge in [0.25, 0.3) is 0 Å². The quantitative estimate of drug-likeness (QED) is 0.637. The Balaban J connectivity index is 5.08. The molecule has 2 N–H and O–H groups in total. The van der Waals surface area contributed by atoms with Crippen molar-refractivity contribution in [3.8, 4) is 0 Å². The van der Waals surface area contributed by atoms with Gasteiger partial charge in [0.2, 0.25) is 5.96 Å². The molecule has 0 saturated heterocycles. The van der Waals surface area contributed by atoms with Crippen LogP contribution in [0.2, 0.25) is 0 Å². The van der Waals surface area contributed by atoms with Gasteiger partial charge in [-0.2, -0.15) is 0 Å². The second-order valence-corrected chi connectivity index (χ2v) is 6.94. The molecule has 0 aromatic carbocycles. The smallest absolute Gasteiger partial charge is 0.437 e. The number of rotatable bonds is 3. The van der Waals surface area contributed by atoms with Crippen LogP contribution in [-0.4, -0.2) is 40.8 Å². The zero-order valence-electron chi connectivity index (χ0n) is 14.7. The predicted octanol–water partition coefficient (Wildman–Crippen LogP) is 3.27. The van der Waals surface area contributed by atoms with E-state index in [0.29, 0.717) is 13.0 Å². The van der Waals surface area contributed by atoms with E-state index in [4.69, 9.17) is 15.2 Å². The molecule has 0 saturated carbocycles. The molecule has 0 rings (SSSR count). The van der Waals surface area contributed by atoms with Gasteiger partial charge in [-0.15, -0.1) is 4.99 Å². The summed E-state index contributed by atoms with van der Waals surface area (Å²) < 4.78 is 10.3. The van der Waals surface area contributed by atoms with Crippen molar-refractivity contribution in [1.82, 2.24) is 4.90 Å². The highest BCUT2D eigenvalue weighted by Gasteiger charge is 2.25. The number of aliphatic imine (C=N–C) groups is 1. The summed E-state index contributed by atoms with van der Waals surface area (Å²) in [6, 6.07) is 0. The molecule has 2 amide bonds. The van der Waals surface area contributed by atoms with Gasteiger partial charge in [0, 0.05) is 6.54 Å². The first kappa shape index (κ1) is 20.2. The van der Waals surface area contributed by atoms with E-state index in [-0.39, 0.29) is 5.96 Å². The second kappa shape index (κ2) is 8.00. The molecule has 0 unspecified atom stereocenters. The van der Waals surface area contributed by atoms with Crippen LogP contribution < -0.4 is 5.73 Å². The number of guanidine groups is 1. The fourth-order valence-corrected chi connectivity index (χ4v) is 1.37. The van der Waals surface area contributed by atoms with Gasteiger partial charge in [0.05, 0.1) is 0 Å². The maximum Gasteiger partial charge on any atom is 0.437 e. The fraction of sp³-hybridized carbons (Fsp3) is 0.800. The summed E-state index contributed by atoms with van der Waals surface area (Å²) in [5.41, 5.74) is 4.43. The van der Waals surface area contributed by atoms with Crippen LogP contribution in [0.25, 0.3) is 0 Å². The van der Waals surface area contributed by atoms with E-state index in [2.05, 4.69) is 4.99 Å². The minimum Gasteiger partial charge on any atom is -0.443 e. The second-order valence-electron chi connectivity index (χ2n) is 6.94. The number of nitrogens with two attached hydrogens (primary N) is 1. The predicted molar refractivity (Wildman–Crippen MR) is 85.7 cm³/mol. The number of carbonyl (C=O) groups is 2. The highest BCUT2D eigenvalue weighted by atomic mass is 16.6. The summed E-state index contributed by atoms with van der Waals surface area (Å²) in [6.45, 7) is 12.7. The van der Waals surface area contributed by atoms with E-state index in [1.54, 1.807) is 41.5 Å². The molecule has 7 heteroatoms. The lowest BCUT2D eigenvalue weighted by Crippen LogP contribution is -2.45. The number of ether oxygens (including phenoxy) is 2. The normalized spacial score (nSPS) is 12.8. The number of amides is 2. The maximum atomic E-state index is 12.2. The van der Waals surface area contributed by atoms with Crippen LogP contribution in [0.1, 0.15) is 61.3 Å². The van der Waals surface area contributed by atoms with Gasteiger partial charge in [-0.05, 0) is 48.0 Å². The SMILES string of the molecule is CCCCN(C(=O)OC(C)(C)C)/C(N)=N/C(=O)OC(C)(C)C. The summed E-state index contributed by atoms with van der Waals surface area (Å²) in [6.07, 6.45) is 0.101. The summed E-state index contributed by atoms with van der Waals surface area (Å²) in [4.78, 5) is 28.6. The topological polar surface area (TPSA) is 94.2 Å². The Morgan fingerprint density at radius 2 is 1.55 bits per heavy atom. The number of unbranched alkanes of at least 4 members (excludes halogenated alkanes) is 1. The van der Waals surface area contributed by atoms with E-state index in [9.17, 15) is 9.59 Å². The average Bonchev–Trinajstić information content (AvgIpc) is 2.23. The molecule has 7 nitrogen and oxygen atoms in total. The van der Waals surface area contributed by atoms with Gasteiger partial charge in [-0.3, -0.25) is 0 Å². The molecule has 0 aromatic heterocycles. The number of hydrogen-bond acceptors (Lipinski definition) is 4. The van der Waals surface area contributed by atoms with E-state index in [1.807, 2.05) is 6.92 Å². The molecule has 128 valence electrons. The van der Waals surface area contributed by atoms with E-state index in [1.165, 1.54) is 0 Å². The highest BCUT2D eigenvalue weighted by Crippen LogP contribution is 2.12. The lowest BCUT2D eigenvalue weighted by Gasteiger charge is -2.26. The lowest BCUT2D eigenvalue weighted by molar-refractivity contribution is 0.0365. The number of carbonyl (C=O) groups excluding carboxylic acids is 2. The van der Waals surface area contributed by atoms with Gasteiger partial charge in [0.15, 0.2) is 0 Å². The molecule has 22 heavy (non-hydrogen) atoms. The molecule has 0 heterocycles. The Kier molecular flexibility index (Phi) is 7.35. The third-order valence-corrected chi connectivity index (χ3v) is 2.23. The van der Waals surface area contributed by atoms with Crippen molar-refractivity contribution in [2.45, 2.75) is 72.5 Å². The standard InChI is InChI=1S/C15H29N3O4/c1-8-9-10-18(13(20)22-15(5,6)7)11(16)17-12(19)21-14(2,3)4/h8-10H2,1-7H3,(H2,16,17,19). The molecule has 0 aliphatic rings. The third-order valence-electron chi connectivity index (χ3n) is 2.23. The Bertz CT molecular complexity index is 419. The average molecular weight is 315 g/mol. The molecule has 0 spiro atoms. The van der Waals surface area contributed by atoms with Gasteiger partial charge >= 0.3 is 12.2 Å². The first-order valence-electron chi connectivity index (χ1n) is 7.43. The first-order valence-corrected chi connectivity index (χ1v) is 7.43. The summed E-state index contributed by atoms with van der Waals surface area (Å²) >= 11 is 0. The van der Waals surface area contributed by atoms with Gasteiger partial charge < -0.3 is 15.2 Å². The van der Waals surface area contributed by atoms with Crippen LogP contribution in [0.3, 0.4) is 0 Å². The van der Waals surface area contributed by atoms with Crippen molar-refractivity contribution in [2.24, 2.45) is 10.7 Å². The molecule has 0 fully saturated rings. The Morgan fingerprint density at radius 1 is 1.05 bits per heavy atom. The van der Waals surface area contributed by atoms with Crippen LogP contribution in [0, 0.1) is 0 Å². The maximum absolute atomic E-state index is 12.2.